The Balaban J connectivity index is 1.38. The Bertz CT molecular complexity index is 1000. The maximum absolute atomic E-state index is 12.8. The average Bonchev–Trinajstić information content (AvgIpc) is 3.31. The first-order valence-electron chi connectivity index (χ1n) is 9.43. The monoisotopic (exact) mass is 376 g/mol. The van der Waals surface area contributed by atoms with Crippen LogP contribution in [0.3, 0.4) is 0 Å². The molecule has 1 aliphatic carbocycles. The molecule has 0 atom stereocenters. The second-order valence-electron chi connectivity index (χ2n) is 7.02. The third kappa shape index (κ3) is 2.66. The van der Waals surface area contributed by atoms with Gasteiger partial charge in [-0.25, -0.2) is 14.4 Å². The number of nitrogens with zero attached hydrogens (tertiary/aromatic N) is 4. The van der Waals surface area contributed by atoms with E-state index in [1.165, 1.54) is 27.2 Å². The number of rotatable bonds is 3. The topological polar surface area (TPSA) is 80.5 Å². The molecular weight excluding hydrogens is 356 g/mol. The van der Waals surface area contributed by atoms with E-state index < -0.39 is 6.09 Å². The van der Waals surface area contributed by atoms with Crippen molar-refractivity contribution in [3.63, 3.8) is 0 Å². The number of hydrogen-bond acceptors (Lipinski definition) is 5. The van der Waals surface area contributed by atoms with E-state index in [0.717, 1.165) is 6.42 Å². The van der Waals surface area contributed by atoms with Crippen LogP contribution in [0, 0.1) is 0 Å². The van der Waals surface area contributed by atoms with E-state index in [0.29, 0.717) is 24.9 Å². The minimum Gasteiger partial charge on any atom is -0.448 e. The molecular formula is C21H20N4O3. The molecule has 2 aromatic carbocycles. The summed E-state index contributed by atoms with van der Waals surface area (Å²) in [6.07, 6.45) is 0.338. The Morgan fingerprint density at radius 1 is 1.07 bits per heavy atom. The largest absolute Gasteiger partial charge is 0.448 e. The van der Waals surface area contributed by atoms with Gasteiger partial charge in [-0.3, -0.25) is 0 Å². The maximum atomic E-state index is 12.8. The third-order valence-corrected chi connectivity index (χ3v) is 5.39. The summed E-state index contributed by atoms with van der Waals surface area (Å²) in [5, 5.41) is 13.5. The molecule has 7 nitrogen and oxygen atoms in total. The minimum absolute atomic E-state index is 0.0204. The lowest BCUT2D eigenvalue weighted by Crippen LogP contribution is -2.39. The van der Waals surface area contributed by atoms with Gasteiger partial charge in [-0.05, 0) is 28.7 Å². The van der Waals surface area contributed by atoms with Gasteiger partial charge in [-0.1, -0.05) is 48.5 Å². The molecule has 2 aliphatic rings. The van der Waals surface area contributed by atoms with Crippen LogP contribution in [0.2, 0.25) is 0 Å². The summed E-state index contributed by atoms with van der Waals surface area (Å²) in [5.41, 5.74) is 4.76. The number of carbonyl (C=O) groups excluding carboxylic acids is 1. The predicted molar refractivity (Wildman–Crippen MR) is 103 cm³/mol. The average molecular weight is 376 g/mol. The molecule has 5 rings (SSSR count). The summed E-state index contributed by atoms with van der Waals surface area (Å²) in [4.78, 5) is 18.6. The van der Waals surface area contributed by atoms with Crippen molar-refractivity contribution in [3.8, 4) is 11.1 Å². The van der Waals surface area contributed by atoms with Crippen molar-refractivity contribution < 1.29 is 14.6 Å². The SMILES string of the molecule is O=C(OCC1c2ccccc2-c2ccccc21)N1CCCn2nc(CO)nc21. The highest BCUT2D eigenvalue weighted by molar-refractivity contribution is 5.86. The number of anilines is 1. The molecule has 1 aromatic heterocycles. The van der Waals surface area contributed by atoms with Crippen LogP contribution in [0.1, 0.15) is 29.3 Å². The zero-order chi connectivity index (χ0) is 19.1. The summed E-state index contributed by atoms with van der Waals surface area (Å²) in [5.74, 6) is 0.771. The van der Waals surface area contributed by atoms with E-state index in [1.807, 2.05) is 24.3 Å². The van der Waals surface area contributed by atoms with Crippen LogP contribution < -0.4 is 4.90 Å². The van der Waals surface area contributed by atoms with Gasteiger partial charge in [0, 0.05) is 19.0 Å². The molecule has 1 N–H and O–H groups in total. The molecule has 0 bridgehead atoms. The van der Waals surface area contributed by atoms with E-state index in [2.05, 4.69) is 34.3 Å². The van der Waals surface area contributed by atoms with E-state index in [-0.39, 0.29) is 19.1 Å². The maximum Gasteiger partial charge on any atom is 0.416 e. The van der Waals surface area contributed by atoms with Crippen LogP contribution in [0.15, 0.2) is 48.5 Å². The van der Waals surface area contributed by atoms with Gasteiger partial charge in [0.05, 0.1) is 0 Å². The number of ether oxygens (including phenoxy) is 1. The first-order chi connectivity index (χ1) is 13.8. The molecule has 0 saturated carbocycles. The lowest BCUT2D eigenvalue weighted by Gasteiger charge is -2.26. The molecule has 0 fully saturated rings. The highest BCUT2D eigenvalue weighted by atomic mass is 16.6. The van der Waals surface area contributed by atoms with Gasteiger partial charge in [0.15, 0.2) is 5.82 Å². The van der Waals surface area contributed by atoms with Crippen molar-refractivity contribution in [3.05, 3.63) is 65.5 Å². The number of amides is 1. The van der Waals surface area contributed by atoms with Crippen molar-refractivity contribution in [2.45, 2.75) is 25.5 Å². The molecule has 3 aromatic rings. The van der Waals surface area contributed by atoms with Gasteiger partial charge in [-0.2, -0.15) is 10.1 Å². The quantitative estimate of drug-likeness (QED) is 0.760. The van der Waals surface area contributed by atoms with Crippen molar-refractivity contribution >= 4 is 12.0 Å². The Morgan fingerprint density at radius 2 is 1.75 bits per heavy atom. The number of aromatic nitrogens is 3. The summed E-state index contributed by atoms with van der Waals surface area (Å²) in [6, 6.07) is 16.5. The number of aliphatic hydroxyl groups excluding tert-OH is 1. The van der Waals surface area contributed by atoms with Crippen molar-refractivity contribution in [1.82, 2.24) is 14.8 Å². The molecule has 28 heavy (non-hydrogen) atoms. The molecule has 0 radical (unpaired) electrons. The van der Waals surface area contributed by atoms with Gasteiger partial charge < -0.3 is 9.84 Å². The van der Waals surface area contributed by atoms with E-state index in [1.54, 1.807) is 4.68 Å². The fraction of sp³-hybridized carbons (Fsp3) is 0.286. The van der Waals surface area contributed by atoms with E-state index in [4.69, 9.17) is 4.74 Å². The van der Waals surface area contributed by atoms with Crippen LogP contribution in [-0.4, -0.2) is 39.1 Å². The zero-order valence-electron chi connectivity index (χ0n) is 15.3. The Morgan fingerprint density at radius 3 is 2.43 bits per heavy atom. The van der Waals surface area contributed by atoms with Gasteiger partial charge >= 0.3 is 6.09 Å². The number of aryl methyl sites for hydroxylation is 1. The molecule has 7 heteroatoms. The normalized spacial score (nSPS) is 15.1. The van der Waals surface area contributed by atoms with Crippen LogP contribution in [-0.2, 0) is 17.9 Å². The molecule has 0 saturated heterocycles. The second kappa shape index (κ2) is 6.76. The summed E-state index contributed by atoms with van der Waals surface area (Å²) >= 11 is 0. The van der Waals surface area contributed by atoms with Crippen LogP contribution >= 0.6 is 0 Å². The Hall–Kier alpha value is -3.19. The van der Waals surface area contributed by atoms with Crippen molar-refractivity contribution in [1.29, 1.82) is 0 Å². The smallest absolute Gasteiger partial charge is 0.416 e. The number of fused-ring (bicyclic) bond motifs is 4. The highest BCUT2D eigenvalue weighted by Crippen LogP contribution is 2.44. The molecule has 0 unspecified atom stereocenters. The van der Waals surface area contributed by atoms with Gasteiger partial charge in [0.1, 0.15) is 13.2 Å². The van der Waals surface area contributed by atoms with Gasteiger partial charge in [-0.15, -0.1) is 0 Å². The van der Waals surface area contributed by atoms with Crippen LogP contribution in [0.5, 0.6) is 0 Å². The van der Waals surface area contributed by atoms with Gasteiger partial charge in [0.2, 0.25) is 5.95 Å². The number of carbonyl (C=O) groups is 1. The number of aliphatic hydroxyl groups is 1. The highest BCUT2D eigenvalue weighted by Gasteiger charge is 2.31. The zero-order valence-corrected chi connectivity index (χ0v) is 15.3. The first kappa shape index (κ1) is 16.9. The van der Waals surface area contributed by atoms with Gasteiger partial charge in [0.25, 0.3) is 0 Å². The minimum atomic E-state index is -0.431. The number of benzene rings is 2. The molecule has 142 valence electrons. The summed E-state index contributed by atoms with van der Waals surface area (Å²) in [7, 11) is 0. The fourth-order valence-electron chi connectivity index (χ4n) is 4.12. The molecule has 1 amide bonds. The number of hydrogen-bond donors (Lipinski definition) is 1. The lowest BCUT2D eigenvalue weighted by atomic mass is 9.98. The van der Waals surface area contributed by atoms with E-state index >= 15 is 0 Å². The summed E-state index contributed by atoms with van der Waals surface area (Å²) in [6.45, 7) is 1.22. The Labute approximate surface area is 162 Å². The molecule has 2 heterocycles. The third-order valence-electron chi connectivity index (χ3n) is 5.39. The second-order valence-corrected chi connectivity index (χ2v) is 7.02. The standard InChI is InChI=1S/C21H20N4O3/c26-12-19-22-20-24(10-5-11-25(20)23-19)21(27)28-13-18-16-8-3-1-6-14(16)15-7-2-4-9-17(15)18/h1-4,6-9,18,26H,5,10-13H2. The molecule has 1 aliphatic heterocycles. The van der Waals surface area contributed by atoms with Crippen LogP contribution in [0.25, 0.3) is 11.1 Å². The van der Waals surface area contributed by atoms with Crippen molar-refractivity contribution in [2.75, 3.05) is 18.1 Å². The van der Waals surface area contributed by atoms with E-state index in [9.17, 15) is 9.90 Å². The first-order valence-corrected chi connectivity index (χ1v) is 9.43. The Kier molecular flexibility index (Phi) is 4.09. The predicted octanol–water partition coefficient (Wildman–Crippen LogP) is 2.93. The molecule has 0 spiro atoms. The van der Waals surface area contributed by atoms with Crippen molar-refractivity contribution in [2.24, 2.45) is 0 Å². The summed E-state index contributed by atoms with van der Waals surface area (Å²) < 4.78 is 7.37. The lowest BCUT2D eigenvalue weighted by molar-refractivity contribution is 0.148. The fourth-order valence-corrected chi connectivity index (χ4v) is 4.12. The van der Waals surface area contributed by atoms with Crippen LogP contribution in [0.4, 0.5) is 10.7 Å².